The second kappa shape index (κ2) is 9.75. The van der Waals surface area contributed by atoms with Gasteiger partial charge in [-0.25, -0.2) is 0 Å². The molecule has 1 fully saturated rings. The van der Waals surface area contributed by atoms with Gasteiger partial charge in [0.1, 0.15) is 18.1 Å². The van der Waals surface area contributed by atoms with Crippen molar-refractivity contribution >= 4 is 17.4 Å². The number of aryl methyl sites for hydroxylation is 2. The topological polar surface area (TPSA) is 79.7 Å². The summed E-state index contributed by atoms with van der Waals surface area (Å²) in [4.78, 5) is 32.0. The molecular weight excluding hydrogens is 428 g/mol. The van der Waals surface area contributed by atoms with Crippen LogP contribution in [0.3, 0.4) is 0 Å². The van der Waals surface area contributed by atoms with Gasteiger partial charge in [0.15, 0.2) is 0 Å². The Balaban J connectivity index is 1.84. The number of ether oxygens (including phenoxy) is 1. The number of carbonyl (C=O) groups excluding carboxylic acids is 2. The van der Waals surface area contributed by atoms with Crippen LogP contribution in [0.4, 0.5) is 0 Å². The summed E-state index contributed by atoms with van der Waals surface area (Å²) < 4.78 is 5.58. The summed E-state index contributed by atoms with van der Waals surface area (Å²) in [5.74, 6) is -0.886. The predicted molar refractivity (Wildman–Crippen MR) is 130 cm³/mol. The molecule has 1 aliphatic rings. The second-order valence-electron chi connectivity index (χ2n) is 8.27. The van der Waals surface area contributed by atoms with Crippen LogP contribution in [0.2, 0.25) is 0 Å². The molecule has 1 unspecified atom stereocenters. The Morgan fingerprint density at radius 2 is 1.79 bits per heavy atom. The Kier molecular flexibility index (Phi) is 6.59. The average Bonchev–Trinajstić information content (AvgIpc) is 3.09. The molecule has 34 heavy (non-hydrogen) atoms. The van der Waals surface area contributed by atoms with Crippen LogP contribution in [0.5, 0.6) is 5.75 Å². The van der Waals surface area contributed by atoms with E-state index in [4.69, 9.17) is 4.74 Å². The van der Waals surface area contributed by atoms with Gasteiger partial charge in [-0.05, 0) is 60.9 Å². The molecule has 4 rings (SSSR count). The van der Waals surface area contributed by atoms with Crippen molar-refractivity contribution in [3.8, 4) is 5.75 Å². The number of carbonyl (C=O) groups is 2. The molecule has 172 valence electrons. The number of hydrogen-bond acceptors (Lipinski definition) is 5. The molecule has 6 nitrogen and oxygen atoms in total. The van der Waals surface area contributed by atoms with Gasteiger partial charge in [0.25, 0.3) is 11.7 Å². The lowest BCUT2D eigenvalue weighted by molar-refractivity contribution is -0.140. The highest BCUT2D eigenvalue weighted by Gasteiger charge is 2.46. The van der Waals surface area contributed by atoms with Crippen LogP contribution < -0.4 is 4.74 Å². The summed E-state index contributed by atoms with van der Waals surface area (Å²) >= 11 is 0. The van der Waals surface area contributed by atoms with E-state index in [2.05, 4.69) is 11.6 Å². The molecular formula is C28H26N2O4. The summed E-state index contributed by atoms with van der Waals surface area (Å²) in [5, 5.41) is 11.3. The zero-order valence-corrected chi connectivity index (χ0v) is 19.2. The molecule has 0 bridgehead atoms. The van der Waals surface area contributed by atoms with Crippen molar-refractivity contribution in [1.82, 2.24) is 9.88 Å². The van der Waals surface area contributed by atoms with Crippen LogP contribution in [0.15, 0.2) is 85.2 Å². The van der Waals surface area contributed by atoms with Gasteiger partial charge in [-0.2, -0.15) is 0 Å². The summed E-state index contributed by atoms with van der Waals surface area (Å²) in [6, 6.07) is 15.7. The minimum atomic E-state index is -0.749. The minimum Gasteiger partial charge on any atom is -0.507 e. The first-order valence-electron chi connectivity index (χ1n) is 11.0. The monoisotopic (exact) mass is 454 g/mol. The lowest BCUT2D eigenvalue weighted by atomic mass is 9.93. The van der Waals surface area contributed by atoms with Gasteiger partial charge in [0, 0.05) is 24.5 Å². The Morgan fingerprint density at radius 1 is 1.09 bits per heavy atom. The molecule has 0 radical (unpaired) electrons. The van der Waals surface area contributed by atoms with Crippen molar-refractivity contribution in [1.29, 1.82) is 0 Å². The predicted octanol–water partition coefficient (Wildman–Crippen LogP) is 4.89. The standard InChI is InChI=1S/C28H26N2O4/c1-4-15-34-22-9-7-21(8-10-22)25-24(26(31)23-16-18(2)5-6-19(23)3)27(32)28(33)30(25)17-20-11-13-29-14-12-20/h4-14,16,25,31H,1,15,17H2,2-3H3/b26-24+. The van der Waals surface area contributed by atoms with Gasteiger partial charge < -0.3 is 14.7 Å². The maximum atomic E-state index is 13.3. The second-order valence-corrected chi connectivity index (χ2v) is 8.27. The van der Waals surface area contributed by atoms with Gasteiger partial charge in [0.2, 0.25) is 0 Å². The Morgan fingerprint density at radius 3 is 2.47 bits per heavy atom. The third-order valence-electron chi connectivity index (χ3n) is 5.85. The highest BCUT2D eigenvalue weighted by atomic mass is 16.5. The molecule has 2 aromatic carbocycles. The number of amides is 1. The van der Waals surface area contributed by atoms with Crippen molar-refractivity contribution in [2.45, 2.75) is 26.4 Å². The fraction of sp³-hybridized carbons (Fsp3) is 0.179. The van der Waals surface area contributed by atoms with Gasteiger partial charge in [0.05, 0.1) is 11.6 Å². The van der Waals surface area contributed by atoms with Crippen LogP contribution in [0.1, 0.15) is 33.9 Å². The molecule has 6 heteroatoms. The number of pyridine rings is 1. The number of ketones is 1. The number of hydrogen-bond donors (Lipinski definition) is 1. The van der Waals surface area contributed by atoms with E-state index in [1.165, 1.54) is 4.90 Å². The Hall–Kier alpha value is -4.19. The lowest BCUT2D eigenvalue weighted by Crippen LogP contribution is -2.29. The summed E-state index contributed by atoms with van der Waals surface area (Å²) in [5.41, 5.74) is 3.91. The van der Waals surface area contributed by atoms with E-state index in [9.17, 15) is 14.7 Å². The van der Waals surface area contributed by atoms with Crippen LogP contribution in [-0.2, 0) is 16.1 Å². The smallest absolute Gasteiger partial charge is 0.295 e. The Labute approximate surface area is 198 Å². The third-order valence-corrected chi connectivity index (χ3v) is 5.85. The van der Waals surface area contributed by atoms with Gasteiger partial charge in [-0.1, -0.05) is 42.5 Å². The maximum absolute atomic E-state index is 13.3. The van der Waals surface area contributed by atoms with Gasteiger partial charge >= 0.3 is 0 Å². The van der Waals surface area contributed by atoms with Gasteiger partial charge in [-0.15, -0.1) is 0 Å². The van der Waals surface area contributed by atoms with E-state index in [1.807, 2.05) is 44.2 Å². The van der Waals surface area contributed by atoms with E-state index >= 15 is 0 Å². The zero-order chi connectivity index (χ0) is 24.2. The summed E-state index contributed by atoms with van der Waals surface area (Å²) in [6.45, 7) is 8.00. The first kappa shape index (κ1) is 23.0. The van der Waals surface area contributed by atoms with Crippen molar-refractivity contribution in [2.24, 2.45) is 0 Å². The lowest BCUT2D eigenvalue weighted by Gasteiger charge is -2.25. The van der Waals surface area contributed by atoms with Crippen molar-refractivity contribution in [2.75, 3.05) is 6.61 Å². The number of rotatable bonds is 7. The van der Waals surface area contributed by atoms with Crippen LogP contribution in [0.25, 0.3) is 5.76 Å². The fourth-order valence-electron chi connectivity index (χ4n) is 4.11. The SMILES string of the molecule is C=CCOc1ccc(C2/C(=C(\O)c3cc(C)ccc3C)C(=O)C(=O)N2Cc2ccncc2)cc1. The van der Waals surface area contributed by atoms with E-state index in [0.29, 0.717) is 23.5 Å². The summed E-state index contributed by atoms with van der Waals surface area (Å²) in [6.07, 6.45) is 4.94. The largest absolute Gasteiger partial charge is 0.507 e. The van der Waals surface area contributed by atoms with Crippen molar-refractivity contribution < 1.29 is 19.4 Å². The first-order valence-corrected chi connectivity index (χ1v) is 11.0. The third kappa shape index (κ3) is 4.48. The Bertz CT molecular complexity index is 1260. The van der Waals surface area contributed by atoms with Crippen molar-refractivity contribution in [3.05, 3.63) is 113 Å². The molecule has 1 amide bonds. The number of Topliss-reactive ketones (excluding diaryl/α,β-unsaturated/α-hetero) is 1. The first-order chi connectivity index (χ1) is 16.4. The van der Waals surface area contributed by atoms with E-state index in [0.717, 1.165) is 16.7 Å². The molecule has 0 saturated carbocycles. The quantitative estimate of drug-likeness (QED) is 0.238. The van der Waals surface area contributed by atoms with Crippen LogP contribution in [-0.4, -0.2) is 33.3 Å². The molecule has 0 spiro atoms. The van der Waals surface area contributed by atoms with E-state index in [1.54, 1.807) is 42.7 Å². The highest BCUT2D eigenvalue weighted by molar-refractivity contribution is 6.46. The van der Waals surface area contributed by atoms with Crippen LogP contribution >= 0.6 is 0 Å². The molecule has 3 aromatic rings. The minimum absolute atomic E-state index is 0.0764. The average molecular weight is 455 g/mol. The molecule has 1 aromatic heterocycles. The van der Waals surface area contributed by atoms with Gasteiger partial charge in [-0.3, -0.25) is 14.6 Å². The molecule has 1 saturated heterocycles. The molecule has 2 heterocycles. The highest BCUT2D eigenvalue weighted by Crippen LogP contribution is 2.41. The number of benzene rings is 2. The molecule has 0 aliphatic carbocycles. The molecule has 1 N–H and O–H groups in total. The normalized spacial score (nSPS) is 17.1. The molecule has 1 atom stereocenters. The van der Waals surface area contributed by atoms with E-state index in [-0.39, 0.29) is 17.9 Å². The number of aromatic nitrogens is 1. The maximum Gasteiger partial charge on any atom is 0.295 e. The van der Waals surface area contributed by atoms with E-state index < -0.39 is 17.7 Å². The van der Waals surface area contributed by atoms with Crippen molar-refractivity contribution in [3.63, 3.8) is 0 Å². The zero-order valence-electron chi connectivity index (χ0n) is 19.2. The number of nitrogens with zero attached hydrogens (tertiary/aromatic N) is 2. The number of aliphatic hydroxyl groups is 1. The molecule has 1 aliphatic heterocycles. The summed E-state index contributed by atoms with van der Waals surface area (Å²) in [7, 11) is 0. The number of aliphatic hydroxyl groups excluding tert-OH is 1. The van der Waals surface area contributed by atoms with Crippen LogP contribution in [0, 0.1) is 13.8 Å². The fourth-order valence-corrected chi connectivity index (χ4v) is 4.11. The number of likely N-dealkylation sites (tertiary alicyclic amines) is 1.